The monoisotopic (exact) mass is 393 g/mol. The van der Waals surface area contributed by atoms with Gasteiger partial charge in [0.2, 0.25) is 0 Å². The van der Waals surface area contributed by atoms with E-state index >= 15 is 0 Å². The first kappa shape index (κ1) is 19.8. The van der Waals surface area contributed by atoms with E-state index in [4.69, 9.17) is 4.74 Å². The van der Waals surface area contributed by atoms with Gasteiger partial charge in [0, 0.05) is 23.7 Å². The molecule has 1 heterocycles. The number of anilines is 1. The summed E-state index contributed by atoms with van der Waals surface area (Å²) in [6.07, 6.45) is 0.920. The molecule has 1 aliphatic carbocycles. The normalized spacial score (nSPS) is 22.7. The number of methoxy groups -OCH3 is 1. The van der Waals surface area contributed by atoms with Gasteiger partial charge in [-0.2, -0.15) is 0 Å². The summed E-state index contributed by atoms with van der Waals surface area (Å²) in [4.78, 5) is 17.6. The Morgan fingerprint density at radius 3 is 2.69 bits per heavy atom. The maximum Gasteiger partial charge on any atom is 0.322 e. The van der Waals surface area contributed by atoms with Crippen molar-refractivity contribution in [1.29, 1.82) is 0 Å². The highest BCUT2D eigenvalue weighted by atomic mass is 16.5. The lowest BCUT2D eigenvalue weighted by Crippen LogP contribution is -2.64. The van der Waals surface area contributed by atoms with Crippen molar-refractivity contribution in [2.45, 2.75) is 51.2 Å². The van der Waals surface area contributed by atoms with Crippen LogP contribution in [0.4, 0.5) is 10.5 Å². The van der Waals surface area contributed by atoms with Crippen LogP contribution >= 0.6 is 0 Å². The molecule has 0 spiro atoms. The molecule has 1 aliphatic heterocycles. The molecule has 0 aromatic heterocycles. The van der Waals surface area contributed by atoms with E-state index in [1.165, 1.54) is 11.1 Å². The largest absolute Gasteiger partial charge is 0.497 e. The van der Waals surface area contributed by atoms with E-state index in [0.717, 1.165) is 30.0 Å². The molecule has 2 amide bonds. The Morgan fingerprint density at radius 1 is 1.21 bits per heavy atom. The summed E-state index contributed by atoms with van der Waals surface area (Å²) in [7, 11) is 3.87. The van der Waals surface area contributed by atoms with Gasteiger partial charge < -0.3 is 19.9 Å². The van der Waals surface area contributed by atoms with Crippen LogP contribution in [-0.4, -0.2) is 48.6 Å². The number of rotatable bonds is 4. The van der Waals surface area contributed by atoms with Crippen LogP contribution in [0.25, 0.3) is 0 Å². The smallest absolute Gasteiger partial charge is 0.322 e. The Morgan fingerprint density at radius 2 is 1.97 bits per heavy atom. The van der Waals surface area contributed by atoms with Gasteiger partial charge in [-0.25, -0.2) is 4.79 Å². The molecule has 29 heavy (non-hydrogen) atoms. The van der Waals surface area contributed by atoms with Gasteiger partial charge in [-0.15, -0.1) is 0 Å². The Balaban J connectivity index is 1.81. The van der Waals surface area contributed by atoms with Crippen molar-refractivity contribution in [3.63, 3.8) is 0 Å². The van der Waals surface area contributed by atoms with E-state index in [9.17, 15) is 4.79 Å². The van der Waals surface area contributed by atoms with Crippen molar-refractivity contribution >= 4 is 11.7 Å². The molecule has 154 valence electrons. The highest BCUT2D eigenvalue weighted by Crippen LogP contribution is 2.44. The number of carbonyl (C=O) groups is 1. The summed E-state index contributed by atoms with van der Waals surface area (Å²) < 4.78 is 5.51. The summed E-state index contributed by atoms with van der Waals surface area (Å²) in [5.74, 6) is 0.867. The van der Waals surface area contributed by atoms with Gasteiger partial charge in [0.25, 0.3) is 0 Å². The van der Waals surface area contributed by atoms with Crippen molar-refractivity contribution in [3.8, 4) is 5.75 Å². The zero-order valence-electron chi connectivity index (χ0n) is 18.0. The minimum atomic E-state index is -0.222. The standard InChI is InChI=1S/C24H31N3O2/c1-6-26(4)21-13-16-11-12-18(29-5)14-19(16)24(2,3)22(21)27-15-17-9-7-8-10-20(17)25-23(27)28/h7-12,14,21-22H,6,13,15H2,1-5H3,(H,25,28)/t21-,22+/m1/s1. The van der Waals surface area contributed by atoms with Gasteiger partial charge in [0.05, 0.1) is 13.2 Å². The number of likely N-dealkylation sites (N-methyl/N-ethyl adjacent to an activating group) is 1. The quantitative estimate of drug-likeness (QED) is 0.844. The number of amides is 2. The van der Waals surface area contributed by atoms with Gasteiger partial charge in [0.15, 0.2) is 0 Å². The first-order valence-corrected chi connectivity index (χ1v) is 10.4. The van der Waals surface area contributed by atoms with E-state index in [1.54, 1.807) is 7.11 Å². The highest BCUT2D eigenvalue weighted by molar-refractivity contribution is 5.92. The van der Waals surface area contributed by atoms with Gasteiger partial charge >= 0.3 is 6.03 Å². The average Bonchev–Trinajstić information content (AvgIpc) is 2.72. The molecule has 0 radical (unpaired) electrons. The first-order valence-electron chi connectivity index (χ1n) is 10.4. The predicted octanol–water partition coefficient (Wildman–Crippen LogP) is 4.27. The van der Waals surface area contributed by atoms with Crippen molar-refractivity contribution in [2.75, 3.05) is 26.0 Å². The second kappa shape index (κ2) is 7.38. The fraction of sp³-hybridized carbons (Fsp3) is 0.458. The maximum atomic E-state index is 13.2. The van der Waals surface area contributed by atoms with E-state index < -0.39 is 0 Å². The van der Waals surface area contributed by atoms with Crippen molar-refractivity contribution in [2.24, 2.45) is 0 Å². The van der Waals surface area contributed by atoms with Crippen LogP contribution < -0.4 is 10.1 Å². The topological polar surface area (TPSA) is 44.8 Å². The van der Waals surface area contributed by atoms with Gasteiger partial charge in [-0.3, -0.25) is 0 Å². The lowest BCUT2D eigenvalue weighted by molar-refractivity contribution is 0.0596. The lowest BCUT2D eigenvalue weighted by atomic mass is 9.66. The average molecular weight is 394 g/mol. The molecule has 0 fully saturated rings. The number of benzene rings is 2. The molecule has 0 saturated heterocycles. The number of fused-ring (bicyclic) bond motifs is 2. The molecule has 4 rings (SSSR count). The number of urea groups is 1. The van der Waals surface area contributed by atoms with E-state index in [2.05, 4.69) is 56.2 Å². The van der Waals surface area contributed by atoms with Crippen molar-refractivity contribution in [1.82, 2.24) is 9.80 Å². The summed E-state index contributed by atoms with van der Waals surface area (Å²) >= 11 is 0. The van der Waals surface area contributed by atoms with Crippen LogP contribution in [0.2, 0.25) is 0 Å². The third-order valence-electron chi connectivity index (χ3n) is 6.81. The van der Waals surface area contributed by atoms with Crippen LogP contribution in [-0.2, 0) is 18.4 Å². The molecular weight excluding hydrogens is 362 g/mol. The van der Waals surface area contributed by atoms with Crippen LogP contribution in [0.3, 0.4) is 0 Å². The number of carbonyl (C=O) groups excluding carboxylic acids is 1. The molecule has 5 nitrogen and oxygen atoms in total. The number of hydrogen-bond acceptors (Lipinski definition) is 3. The number of nitrogens with zero attached hydrogens (tertiary/aromatic N) is 2. The SMILES string of the molecule is CCN(C)[C@@H]1Cc2ccc(OC)cc2C(C)(C)[C@H]1N1Cc2ccccc2NC1=O. The van der Waals surface area contributed by atoms with Crippen LogP contribution in [0.5, 0.6) is 5.75 Å². The Bertz CT molecular complexity index is 924. The summed E-state index contributed by atoms with van der Waals surface area (Å²) in [5.41, 5.74) is 4.48. The fourth-order valence-corrected chi connectivity index (χ4v) is 5.11. The molecular formula is C24H31N3O2. The number of hydrogen-bond donors (Lipinski definition) is 1. The van der Waals surface area contributed by atoms with E-state index in [-0.39, 0.29) is 23.5 Å². The molecule has 2 aromatic carbocycles. The summed E-state index contributed by atoms with van der Waals surface area (Å²) in [5, 5.41) is 3.11. The lowest BCUT2D eigenvalue weighted by Gasteiger charge is -2.53. The van der Waals surface area contributed by atoms with Crippen molar-refractivity contribution < 1.29 is 9.53 Å². The minimum Gasteiger partial charge on any atom is -0.497 e. The third kappa shape index (κ3) is 3.27. The molecule has 0 saturated carbocycles. The van der Waals surface area contributed by atoms with Crippen LogP contribution in [0.1, 0.15) is 37.5 Å². The van der Waals surface area contributed by atoms with Gasteiger partial charge in [-0.05, 0) is 54.9 Å². The van der Waals surface area contributed by atoms with Gasteiger partial charge in [0.1, 0.15) is 5.75 Å². The van der Waals surface area contributed by atoms with E-state index in [1.807, 2.05) is 29.2 Å². The Labute approximate surface area is 173 Å². The second-order valence-corrected chi connectivity index (χ2v) is 8.75. The molecule has 2 aromatic rings. The summed E-state index contributed by atoms with van der Waals surface area (Å²) in [6, 6.07) is 14.7. The third-order valence-corrected chi connectivity index (χ3v) is 6.81. The first-order chi connectivity index (χ1) is 13.9. The molecule has 0 bridgehead atoms. The minimum absolute atomic E-state index is 0.0115. The predicted molar refractivity (Wildman–Crippen MR) is 117 cm³/mol. The molecule has 1 N–H and O–H groups in total. The maximum absolute atomic E-state index is 13.2. The van der Waals surface area contributed by atoms with E-state index in [0.29, 0.717) is 6.54 Å². The van der Waals surface area contributed by atoms with Crippen molar-refractivity contribution in [3.05, 3.63) is 59.2 Å². The zero-order chi connectivity index (χ0) is 20.8. The molecule has 2 aliphatic rings. The molecule has 2 atom stereocenters. The Hall–Kier alpha value is -2.53. The zero-order valence-corrected chi connectivity index (χ0v) is 18.0. The molecule has 5 heteroatoms. The second-order valence-electron chi connectivity index (χ2n) is 8.75. The van der Waals surface area contributed by atoms with Crippen LogP contribution in [0, 0.1) is 0 Å². The number of ether oxygens (including phenoxy) is 1. The molecule has 0 unspecified atom stereocenters. The highest BCUT2D eigenvalue weighted by Gasteiger charge is 2.49. The number of para-hydroxylation sites is 1. The fourth-order valence-electron chi connectivity index (χ4n) is 5.11. The Kier molecular flexibility index (Phi) is 5.03. The van der Waals surface area contributed by atoms with Crippen LogP contribution in [0.15, 0.2) is 42.5 Å². The van der Waals surface area contributed by atoms with Gasteiger partial charge in [-0.1, -0.05) is 45.0 Å². The summed E-state index contributed by atoms with van der Waals surface area (Å²) in [6.45, 7) is 8.27. The number of nitrogens with one attached hydrogen (secondary N) is 1.